The Morgan fingerprint density at radius 2 is 2.03 bits per heavy atom. The third-order valence-electron chi connectivity index (χ3n) is 4.22. The Balaban J connectivity index is 1.82. The molecule has 1 aromatic carbocycles. The molecule has 1 atom stereocenters. The first-order chi connectivity index (χ1) is 14.2. The van der Waals surface area contributed by atoms with E-state index in [9.17, 15) is 19.2 Å². The van der Waals surface area contributed by atoms with E-state index < -0.39 is 29.1 Å². The van der Waals surface area contributed by atoms with Gasteiger partial charge in [0.2, 0.25) is 0 Å². The smallest absolute Gasteiger partial charge is 0.337 e. The molecule has 1 N–H and O–H groups in total. The minimum Gasteiger partial charge on any atom is -0.478 e. The monoisotopic (exact) mass is 449 g/mol. The Morgan fingerprint density at radius 1 is 1.30 bits per heavy atom. The molecule has 1 aliphatic rings. The van der Waals surface area contributed by atoms with Crippen LogP contribution in [-0.4, -0.2) is 45.7 Å². The van der Waals surface area contributed by atoms with Crippen LogP contribution in [0.15, 0.2) is 39.7 Å². The number of halogens is 1. The molecule has 1 fully saturated rings. The summed E-state index contributed by atoms with van der Waals surface area (Å²) in [6.07, 6.45) is 1.40. The first-order valence-corrected chi connectivity index (χ1v) is 9.99. The van der Waals surface area contributed by atoms with Crippen LogP contribution in [-0.2, 0) is 14.3 Å². The highest BCUT2D eigenvalue weighted by molar-refractivity contribution is 8.18. The Hall–Kier alpha value is -3.04. The van der Waals surface area contributed by atoms with Gasteiger partial charge < -0.3 is 14.3 Å². The molecule has 0 bridgehead atoms. The van der Waals surface area contributed by atoms with Gasteiger partial charge in [-0.05, 0) is 49.9 Å². The molecule has 1 unspecified atom stereocenters. The van der Waals surface area contributed by atoms with Crippen molar-refractivity contribution in [3.8, 4) is 11.3 Å². The van der Waals surface area contributed by atoms with E-state index in [1.807, 2.05) is 0 Å². The normalized spacial score (nSPS) is 16.2. The molecule has 0 spiro atoms. The van der Waals surface area contributed by atoms with Crippen molar-refractivity contribution >= 4 is 52.5 Å². The SMILES string of the molecule is CCOC(=O)C(C)N1C(=O)SC(=Cc2ccc(-c3ccc(C(=O)O)c(Cl)c3)o2)C1=O. The zero-order chi connectivity index (χ0) is 22.0. The van der Waals surface area contributed by atoms with Crippen molar-refractivity contribution in [2.45, 2.75) is 19.9 Å². The third-order valence-corrected chi connectivity index (χ3v) is 5.42. The van der Waals surface area contributed by atoms with Gasteiger partial charge in [-0.15, -0.1) is 0 Å². The molecule has 2 aromatic rings. The summed E-state index contributed by atoms with van der Waals surface area (Å²) in [5.41, 5.74) is 0.519. The van der Waals surface area contributed by atoms with Crippen molar-refractivity contribution in [1.29, 1.82) is 0 Å². The van der Waals surface area contributed by atoms with Gasteiger partial charge in [-0.25, -0.2) is 9.59 Å². The lowest BCUT2D eigenvalue weighted by atomic mass is 10.1. The fourth-order valence-corrected chi connectivity index (χ4v) is 3.89. The average molecular weight is 450 g/mol. The minimum absolute atomic E-state index is 0.0309. The summed E-state index contributed by atoms with van der Waals surface area (Å²) in [5, 5.41) is 8.54. The Bertz CT molecular complexity index is 1070. The molecule has 3 rings (SSSR count). The van der Waals surface area contributed by atoms with Gasteiger partial charge in [-0.2, -0.15) is 0 Å². The minimum atomic E-state index is -1.14. The van der Waals surface area contributed by atoms with Crippen molar-refractivity contribution in [2.24, 2.45) is 0 Å². The van der Waals surface area contributed by atoms with Gasteiger partial charge in [0.05, 0.1) is 22.1 Å². The maximum Gasteiger partial charge on any atom is 0.337 e. The van der Waals surface area contributed by atoms with Gasteiger partial charge in [0.15, 0.2) is 0 Å². The predicted octanol–water partition coefficient (Wildman–Crippen LogP) is 4.29. The maximum absolute atomic E-state index is 12.6. The molecule has 2 amide bonds. The van der Waals surface area contributed by atoms with Crippen LogP contribution in [0.5, 0.6) is 0 Å². The van der Waals surface area contributed by atoms with Crippen LogP contribution in [0.4, 0.5) is 4.79 Å². The second-order valence-electron chi connectivity index (χ2n) is 6.18. The number of hydrogen-bond acceptors (Lipinski definition) is 7. The van der Waals surface area contributed by atoms with Crippen LogP contribution in [0.3, 0.4) is 0 Å². The number of carboxylic acid groups (broad SMARTS) is 1. The number of imide groups is 1. The lowest BCUT2D eigenvalue weighted by Gasteiger charge is -2.19. The molecule has 156 valence electrons. The van der Waals surface area contributed by atoms with Crippen LogP contribution in [0.2, 0.25) is 5.02 Å². The number of hydrogen-bond donors (Lipinski definition) is 1. The van der Waals surface area contributed by atoms with E-state index in [2.05, 4.69) is 0 Å². The number of carbonyl (C=O) groups is 4. The molecule has 1 saturated heterocycles. The Labute approximate surface area is 180 Å². The number of benzene rings is 1. The summed E-state index contributed by atoms with van der Waals surface area (Å²) in [5.74, 6) is -1.71. The average Bonchev–Trinajstić information content (AvgIpc) is 3.26. The van der Waals surface area contributed by atoms with E-state index >= 15 is 0 Å². The molecular weight excluding hydrogens is 434 g/mol. The molecule has 0 radical (unpaired) electrons. The number of furan rings is 1. The summed E-state index contributed by atoms with van der Waals surface area (Å²) in [4.78, 5) is 48.7. The predicted molar refractivity (Wildman–Crippen MR) is 110 cm³/mol. The standard InChI is InChI=1S/C20H16ClNO7S/c1-3-28-19(26)10(2)22-17(23)16(30-20(22)27)9-12-5-7-15(29-12)11-4-6-13(18(24)25)14(21)8-11/h4-10H,3H2,1-2H3,(H,24,25). The van der Waals surface area contributed by atoms with Crippen LogP contribution in [0.1, 0.15) is 30.0 Å². The highest BCUT2D eigenvalue weighted by atomic mass is 35.5. The fraction of sp³-hybridized carbons (Fsp3) is 0.200. The molecule has 1 aromatic heterocycles. The summed E-state index contributed by atoms with van der Waals surface area (Å²) < 4.78 is 10.6. The number of ether oxygens (including phenoxy) is 1. The summed E-state index contributed by atoms with van der Waals surface area (Å²) in [6, 6.07) is 6.56. The fourth-order valence-electron chi connectivity index (χ4n) is 2.74. The van der Waals surface area contributed by atoms with Gasteiger partial charge in [0, 0.05) is 11.6 Å². The second kappa shape index (κ2) is 8.76. The molecule has 8 nitrogen and oxygen atoms in total. The van der Waals surface area contributed by atoms with Gasteiger partial charge in [-0.1, -0.05) is 17.7 Å². The molecular formula is C20H16ClNO7S. The van der Waals surface area contributed by atoms with E-state index in [1.54, 1.807) is 25.1 Å². The molecule has 30 heavy (non-hydrogen) atoms. The van der Waals surface area contributed by atoms with E-state index in [0.29, 0.717) is 28.8 Å². The first-order valence-electron chi connectivity index (χ1n) is 8.79. The number of aromatic carboxylic acids is 1. The number of thioether (sulfide) groups is 1. The van der Waals surface area contributed by atoms with Crippen LogP contribution >= 0.6 is 23.4 Å². The topological polar surface area (TPSA) is 114 Å². The lowest BCUT2D eigenvalue weighted by Crippen LogP contribution is -2.42. The van der Waals surface area contributed by atoms with E-state index in [4.69, 9.17) is 25.9 Å². The van der Waals surface area contributed by atoms with Gasteiger partial charge in [-0.3, -0.25) is 14.5 Å². The molecule has 0 aliphatic carbocycles. The second-order valence-corrected chi connectivity index (χ2v) is 7.58. The van der Waals surface area contributed by atoms with Crippen molar-refractivity contribution in [3.05, 3.63) is 51.6 Å². The lowest BCUT2D eigenvalue weighted by molar-refractivity contribution is -0.150. The van der Waals surface area contributed by atoms with E-state index in [1.165, 1.54) is 25.1 Å². The van der Waals surface area contributed by atoms with Crippen molar-refractivity contribution < 1.29 is 33.4 Å². The Morgan fingerprint density at radius 3 is 2.67 bits per heavy atom. The number of carboxylic acids is 1. The number of esters is 1. The number of carbonyl (C=O) groups excluding carboxylic acids is 3. The summed E-state index contributed by atoms with van der Waals surface area (Å²) >= 11 is 6.68. The Kier molecular flexibility index (Phi) is 6.33. The van der Waals surface area contributed by atoms with Gasteiger partial charge in [0.1, 0.15) is 17.6 Å². The number of amides is 2. The summed E-state index contributed by atoms with van der Waals surface area (Å²) in [6.45, 7) is 3.20. The van der Waals surface area contributed by atoms with Gasteiger partial charge in [0.25, 0.3) is 11.1 Å². The maximum atomic E-state index is 12.6. The van der Waals surface area contributed by atoms with Crippen molar-refractivity contribution in [2.75, 3.05) is 6.61 Å². The highest BCUT2D eigenvalue weighted by Crippen LogP contribution is 2.35. The van der Waals surface area contributed by atoms with E-state index in [0.717, 1.165) is 4.90 Å². The zero-order valence-corrected chi connectivity index (χ0v) is 17.5. The first kappa shape index (κ1) is 21.7. The molecule has 2 heterocycles. The molecule has 1 aliphatic heterocycles. The van der Waals surface area contributed by atoms with Crippen LogP contribution in [0, 0.1) is 0 Å². The van der Waals surface area contributed by atoms with E-state index in [-0.39, 0.29) is 22.1 Å². The van der Waals surface area contributed by atoms with Crippen LogP contribution < -0.4 is 0 Å². The van der Waals surface area contributed by atoms with Crippen LogP contribution in [0.25, 0.3) is 17.4 Å². The zero-order valence-electron chi connectivity index (χ0n) is 15.9. The largest absolute Gasteiger partial charge is 0.478 e. The van der Waals surface area contributed by atoms with Crippen molar-refractivity contribution in [1.82, 2.24) is 4.90 Å². The number of nitrogens with zero attached hydrogens (tertiary/aromatic N) is 1. The molecule has 0 saturated carbocycles. The quantitative estimate of drug-likeness (QED) is 0.513. The number of rotatable bonds is 6. The third kappa shape index (κ3) is 4.27. The van der Waals surface area contributed by atoms with Crippen molar-refractivity contribution in [3.63, 3.8) is 0 Å². The molecule has 10 heteroatoms. The summed E-state index contributed by atoms with van der Waals surface area (Å²) in [7, 11) is 0. The highest BCUT2D eigenvalue weighted by Gasteiger charge is 2.41. The van der Waals surface area contributed by atoms with Gasteiger partial charge >= 0.3 is 11.9 Å².